The number of benzene rings is 1. The molecule has 11 heteroatoms. The molecule has 0 unspecified atom stereocenters. The van der Waals surface area contributed by atoms with E-state index in [0.717, 1.165) is 0 Å². The van der Waals surface area contributed by atoms with E-state index in [1.807, 2.05) is 13.8 Å². The molecule has 0 spiro atoms. The molecule has 2 aliphatic rings. The summed E-state index contributed by atoms with van der Waals surface area (Å²) in [5.74, 6) is -0.970. The monoisotopic (exact) mass is 560 g/mol. The number of fused-ring (bicyclic) bond motifs is 1. The lowest BCUT2D eigenvalue weighted by molar-refractivity contribution is -0.152. The van der Waals surface area contributed by atoms with Gasteiger partial charge in [0, 0.05) is 17.2 Å². The zero-order valence-electron chi connectivity index (χ0n) is 24.8. The van der Waals surface area contributed by atoms with Crippen LogP contribution >= 0.6 is 0 Å². The summed E-state index contributed by atoms with van der Waals surface area (Å²) in [6, 6.07) is 4.72. The number of ether oxygens (including phenoxy) is 2. The maximum Gasteiger partial charge on any atom is 0.429 e. The highest BCUT2D eigenvalue weighted by Crippen LogP contribution is 2.39. The maximum atomic E-state index is 14.0. The van der Waals surface area contributed by atoms with Crippen LogP contribution in [0.15, 0.2) is 24.3 Å². The lowest BCUT2D eigenvalue weighted by atomic mass is 10.0. The molecule has 1 aliphatic carbocycles. The molecule has 11 nitrogen and oxygen atoms in total. The molecule has 1 aliphatic heterocycles. The quantitative estimate of drug-likeness (QED) is 0.471. The first-order chi connectivity index (χ1) is 18.4. The SMILES string of the molecule is CC(C)C[C@H](NC(=O)c1ccc(NC(=O)OC(C)(C)C)cc1)C(=O)N1[C@H]2[C@H](CC[C@@H]2O)CN1C(=O)OC(C)(C)C. The Hall–Kier alpha value is -3.34. The Balaban J connectivity index is 1.78. The van der Waals surface area contributed by atoms with Crippen molar-refractivity contribution in [1.82, 2.24) is 15.3 Å². The smallest absolute Gasteiger partial charge is 0.429 e. The van der Waals surface area contributed by atoms with Crippen molar-refractivity contribution < 1.29 is 33.8 Å². The minimum atomic E-state index is -0.941. The number of hydrogen-bond acceptors (Lipinski definition) is 7. The molecule has 0 radical (unpaired) electrons. The number of aliphatic hydroxyl groups is 1. The van der Waals surface area contributed by atoms with Gasteiger partial charge in [-0.3, -0.25) is 14.9 Å². The van der Waals surface area contributed by atoms with Crippen molar-refractivity contribution in [1.29, 1.82) is 0 Å². The van der Waals surface area contributed by atoms with E-state index in [9.17, 15) is 24.3 Å². The van der Waals surface area contributed by atoms with E-state index in [1.165, 1.54) is 10.0 Å². The van der Waals surface area contributed by atoms with Crippen molar-refractivity contribution in [2.24, 2.45) is 11.8 Å². The summed E-state index contributed by atoms with van der Waals surface area (Å²) in [6.07, 6.45) is -0.507. The van der Waals surface area contributed by atoms with Gasteiger partial charge in [-0.25, -0.2) is 19.6 Å². The first-order valence-electron chi connectivity index (χ1n) is 13.9. The van der Waals surface area contributed by atoms with Crippen molar-refractivity contribution >= 4 is 29.7 Å². The van der Waals surface area contributed by atoms with E-state index in [2.05, 4.69) is 10.6 Å². The number of nitrogens with one attached hydrogen (secondary N) is 2. The largest absolute Gasteiger partial charge is 0.444 e. The molecular formula is C29H44N4O7. The second kappa shape index (κ2) is 12.0. The van der Waals surface area contributed by atoms with Gasteiger partial charge >= 0.3 is 12.2 Å². The molecule has 4 atom stereocenters. The normalized spacial score (nSPS) is 21.6. The average Bonchev–Trinajstić information content (AvgIpc) is 3.35. The Kier molecular flexibility index (Phi) is 9.39. The molecule has 3 rings (SSSR count). The van der Waals surface area contributed by atoms with Crippen molar-refractivity contribution in [2.45, 2.75) is 104 Å². The van der Waals surface area contributed by atoms with Gasteiger partial charge in [0.25, 0.3) is 11.8 Å². The van der Waals surface area contributed by atoms with E-state index in [1.54, 1.807) is 65.8 Å². The highest BCUT2D eigenvalue weighted by Gasteiger charge is 2.53. The van der Waals surface area contributed by atoms with Crippen LogP contribution in [0, 0.1) is 11.8 Å². The Morgan fingerprint density at radius 3 is 2.12 bits per heavy atom. The fourth-order valence-electron chi connectivity index (χ4n) is 5.04. The summed E-state index contributed by atoms with van der Waals surface area (Å²) in [5.41, 5.74) is -0.671. The summed E-state index contributed by atoms with van der Waals surface area (Å²) in [7, 11) is 0. The van der Waals surface area contributed by atoms with Crippen LogP contribution in [0.3, 0.4) is 0 Å². The van der Waals surface area contributed by atoms with Gasteiger partial charge in [0.05, 0.1) is 18.7 Å². The number of carbonyl (C=O) groups is 4. The molecule has 1 aromatic rings. The molecule has 40 heavy (non-hydrogen) atoms. The molecule has 4 amide bonds. The average molecular weight is 561 g/mol. The van der Waals surface area contributed by atoms with Crippen molar-refractivity contribution in [3.8, 4) is 0 Å². The topological polar surface area (TPSA) is 138 Å². The van der Waals surface area contributed by atoms with E-state index >= 15 is 0 Å². The third-order valence-electron chi connectivity index (χ3n) is 6.59. The summed E-state index contributed by atoms with van der Waals surface area (Å²) < 4.78 is 10.8. The van der Waals surface area contributed by atoms with Crippen LogP contribution in [0.4, 0.5) is 15.3 Å². The zero-order chi connectivity index (χ0) is 30.0. The van der Waals surface area contributed by atoms with E-state index in [-0.39, 0.29) is 18.4 Å². The number of hydrogen-bond donors (Lipinski definition) is 3. The number of amides is 4. The lowest BCUT2D eigenvalue weighted by Crippen LogP contribution is -2.58. The Morgan fingerprint density at radius 1 is 0.975 bits per heavy atom. The number of hydrazine groups is 1. The Labute approximate surface area is 236 Å². The summed E-state index contributed by atoms with van der Waals surface area (Å²) in [4.78, 5) is 52.3. The fourth-order valence-corrected chi connectivity index (χ4v) is 5.04. The van der Waals surface area contributed by atoms with Crippen LogP contribution in [0.25, 0.3) is 0 Å². The van der Waals surface area contributed by atoms with Crippen LogP contribution in [-0.4, -0.2) is 75.1 Å². The standard InChI is InChI=1S/C29H44N4O7/c1-17(2)15-21(31-24(35)18-9-12-20(13-10-18)30-26(37)39-28(3,4)5)25(36)33-23-19(11-14-22(23)34)16-32(33)27(38)40-29(6,7)8/h9-10,12-13,17,19,21-23,34H,11,14-16H2,1-8H3,(H,30,37)(H,31,35)/t19-,21+,22+,23+/m1/s1. The van der Waals surface area contributed by atoms with E-state index in [4.69, 9.17) is 9.47 Å². The summed E-state index contributed by atoms with van der Waals surface area (Å²) in [5, 5.41) is 18.8. The van der Waals surface area contributed by atoms with Crippen molar-refractivity contribution in [3.05, 3.63) is 29.8 Å². The molecular weight excluding hydrogens is 516 g/mol. The van der Waals surface area contributed by atoms with Gasteiger partial charge in [0.2, 0.25) is 0 Å². The van der Waals surface area contributed by atoms with Gasteiger partial charge in [-0.2, -0.15) is 0 Å². The minimum Gasteiger partial charge on any atom is -0.444 e. The third-order valence-corrected chi connectivity index (χ3v) is 6.59. The summed E-state index contributed by atoms with van der Waals surface area (Å²) >= 11 is 0. The molecule has 0 aromatic heterocycles. The molecule has 1 saturated heterocycles. The predicted molar refractivity (Wildman–Crippen MR) is 149 cm³/mol. The predicted octanol–water partition coefficient (Wildman–Crippen LogP) is 4.31. The minimum absolute atomic E-state index is 0.0523. The number of carbonyl (C=O) groups excluding carboxylic acids is 4. The first kappa shape index (κ1) is 31.2. The zero-order valence-corrected chi connectivity index (χ0v) is 24.8. The van der Waals surface area contributed by atoms with Gasteiger partial charge in [0.15, 0.2) is 0 Å². The van der Waals surface area contributed by atoms with E-state index in [0.29, 0.717) is 30.5 Å². The van der Waals surface area contributed by atoms with Gasteiger partial charge in [0.1, 0.15) is 17.2 Å². The van der Waals surface area contributed by atoms with Gasteiger partial charge in [-0.1, -0.05) is 13.8 Å². The van der Waals surface area contributed by atoms with Gasteiger partial charge in [-0.05, 0) is 91.0 Å². The van der Waals surface area contributed by atoms with Gasteiger partial charge in [-0.15, -0.1) is 0 Å². The van der Waals surface area contributed by atoms with Crippen LogP contribution in [-0.2, 0) is 14.3 Å². The number of rotatable bonds is 6. The molecule has 1 saturated carbocycles. The van der Waals surface area contributed by atoms with Gasteiger partial charge < -0.3 is 19.9 Å². The molecule has 1 aromatic carbocycles. The van der Waals surface area contributed by atoms with Crippen LogP contribution in [0.5, 0.6) is 0 Å². The molecule has 1 heterocycles. The van der Waals surface area contributed by atoms with Crippen molar-refractivity contribution in [2.75, 3.05) is 11.9 Å². The van der Waals surface area contributed by atoms with E-state index < -0.39 is 53.4 Å². The second-order valence-corrected chi connectivity index (χ2v) is 13.0. The molecule has 0 bridgehead atoms. The van der Waals surface area contributed by atoms with Crippen LogP contribution < -0.4 is 10.6 Å². The Bertz CT molecular complexity index is 1090. The fraction of sp³-hybridized carbons (Fsp3) is 0.655. The van der Waals surface area contributed by atoms with Crippen LogP contribution in [0.2, 0.25) is 0 Å². The van der Waals surface area contributed by atoms with Crippen LogP contribution in [0.1, 0.15) is 85.0 Å². The number of anilines is 1. The molecule has 222 valence electrons. The Morgan fingerprint density at radius 2 is 1.57 bits per heavy atom. The highest BCUT2D eigenvalue weighted by molar-refractivity contribution is 5.98. The van der Waals surface area contributed by atoms with Crippen molar-refractivity contribution in [3.63, 3.8) is 0 Å². The molecule has 2 fully saturated rings. The third kappa shape index (κ3) is 8.09. The lowest BCUT2D eigenvalue weighted by Gasteiger charge is -2.36. The second-order valence-electron chi connectivity index (χ2n) is 13.0. The molecule has 3 N–H and O–H groups in total. The summed E-state index contributed by atoms with van der Waals surface area (Å²) in [6.45, 7) is 14.7. The maximum absolute atomic E-state index is 14.0. The first-order valence-corrected chi connectivity index (χ1v) is 13.9. The number of nitrogens with zero attached hydrogens (tertiary/aromatic N) is 2. The highest BCUT2D eigenvalue weighted by atomic mass is 16.6. The number of aliphatic hydroxyl groups excluding tert-OH is 1.